The fourth-order valence-corrected chi connectivity index (χ4v) is 4.23. The summed E-state index contributed by atoms with van der Waals surface area (Å²) in [7, 11) is 5.56. The fraction of sp³-hybridized carbons (Fsp3) is 0.429. The van der Waals surface area contributed by atoms with Gasteiger partial charge in [0.25, 0.3) is 0 Å². The number of rotatable bonds is 3. The van der Waals surface area contributed by atoms with Crippen molar-refractivity contribution in [2.24, 2.45) is 0 Å². The summed E-state index contributed by atoms with van der Waals surface area (Å²) in [6, 6.07) is 14.9. The number of benzene rings is 2. The normalized spacial score (nSPS) is 25.8. The van der Waals surface area contributed by atoms with Crippen LogP contribution in [0.2, 0.25) is 0 Å². The van der Waals surface area contributed by atoms with E-state index >= 15 is 0 Å². The van der Waals surface area contributed by atoms with E-state index in [4.69, 9.17) is 14.2 Å². The van der Waals surface area contributed by atoms with Crippen LogP contribution in [-0.4, -0.2) is 38.8 Å². The second-order valence-corrected chi connectivity index (χ2v) is 6.87. The average Bonchev–Trinajstić information content (AvgIpc) is 2.66. The minimum absolute atomic E-state index is 0.0660. The molecule has 0 saturated carbocycles. The predicted octanol–water partition coefficient (Wildman–Crippen LogP) is 3.96. The van der Waals surface area contributed by atoms with Gasteiger partial charge in [-0.25, -0.2) is 0 Å². The molecule has 2 heterocycles. The number of methoxy groups -OCH3 is 2. The van der Waals surface area contributed by atoms with Gasteiger partial charge in [-0.3, -0.25) is 4.90 Å². The van der Waals surface area contributed by atoms with E-state index in [9.17, 15) is 0 Å². The summed E-state index contributed by atoms with van der Waals surface area (Å²) in [5, 5.41) is 0. The Morgan fingerprint density at radius 1 is 1.00 bits per heavy atom. The van der Waals surface area contributed by atoms with Crippen LogP contribution in [0.3, 0.4) is 0 Å². The molecule has 2 aromatic rings. The molecule has 0 N–H and O–H groups in total. The van der Waals surface area contributed by atoms with Gasteiger partial charge < -0.3 is 14.2 Å². The Kier molecular flexibility index (Phi) is 4.40. The first-order chi connectivity index (χ1) is 12.2. The number of fused-ring (bicyclic) bond motifs is 3. The van der Waals surface area contributed by atoms with E-state index in [1.165, 1.54) is 23.1 Å². The third-order valence-corrected chi connectivity index (χ3v) is 5.43. The van der Waals surface area contributed by atoms with Gasteiger partial charge >= 0.3 is 0 Å². The molecule has 3 atom stereocenters. The van der Waals surface area contributed by atoms with Crippen LogP contribution in [0.1, 0.15) is 41.7 Å². The molecule has 1 unspecified atom stereocenters. The number of likely N-dealkylation sites (N-methyl/N-ethyl adjacent to an activating group) is 1. The van der Waals surface area contributed by atoms with Gasteiger partial charge in [-0.05, 0) is 55.3 Å². The summed E-state index contributed by atoms with van der Waals surface area (Å²) in [6.07, 6.45) is 2.40. The van der Waals surface area contributed by atoms with Crippen LogP contribution in [0, 0.1) is 0 Å². The molecule has 0 amide bonds. The van der Waals surface area contributed by atoms with E-state index in [2.05, 4.69) is 48.3 Å². The summed E-state index contributed by atoms with van der Waals surface area (Å²) < 4.78 is 17.7. The number of nitrogens with zero attached hydrogens (tertiary/aromatic N) is 1. The minimum Gasteiger partial charge on any atom is -0.493 e. The van der Waals surface area contributed by atoms with Gasteiger partial charge in [-0.15, -0.1) is 0 Å². The Balaban J connectivity index is 1.88. The first-order valence-electron chi connectivity index (χ1n) is 8.89. The van der Waals surface area contributed by atoms with Crippen LogP contribution in [-0.2, 0) is 4.74 Å². The molecule has 132 valence electrons. The highest BCUT2D eigenvalue weighted by molar-refractivity contribution is 5.52. The number of hydrogen-bond donors (Lipinski definition) is 0. The molecule has 0 radical (unpaired) electrons. The summed E-state index contributed by atoms with van der Waals surface area (Å²) in [5.74, 6) is 1.54. The van der Waals surface area contributed by atoms with Crippen molar-refractivity contribution in [3.05, 3.63) is 59.2 Å². The highest BCUT2D eigenvalue weighted by Gasteiger charge is 2.41. The third-order valence-electron chi connectivity index (χ3n) is 5.43. The van der Waals surface area contributed by atoms with Gasteiger partial charge in [0.2, 0.25) is 0 Å². The zero-order valence-electron chi connectivity index (χ0n) is 15.1. The maximum atomic E-state index is 6.61. The topological polar surface area (TPSA) is 30.9 Å². The first kappa shape index (κ1) is 16.4. The molecule has 0 bridgehead atoms. The predicted molar refractivity (Wildman–Crippen MR) is 97.3 cm³/mol. The molecule has 0 aromatic heterocycles. The Morgan fingerprint density at radius 3 is 2.36 bits per heavy atom. The average molecular weight is 339 g/mol. The molecule has 4 heteroatoms. The third kappa shape index (κ3) is 2.79. The van der Waals surface area contributed by atoms with Gasteiger partial charge in [-0.1, -0.05) is 30.3 Å². The molecule has 1 fully saturated rings. The quantitative estimate of drug-likeness (QED) is 0.847. The van der Waals surface area contributed by atoms with Crippen molar-refractivity contribution in [3.8, 4) is 11.5 Å². The van der Waals surface area contributed by atoms with Crippen LogP contribution < -0.4 is 9.47 Å². The van der Waals surface area contributed by atoms with Crippen molar-refractivity contribution >= 4 is 0 Å². The van der Waals surface area contributed by atoms with Crippen molar-refractivity contribution in [2.45, 2.75) is 31.1 Å². The van der Waals surface area contributed by atoms with Gasteiger partial charge in [-0.2, -0.15) is 0 Å². The maximum Gasteiger partial charge on any atom is 0.161 e. The molecule has 25 heavy (non-hydrogen) atoms. The van der Waals surface area contributed by atoms with Crippen LogP contribution in [0.15, 0.2) is 42.5 Å². The van der Waals surface area contributed by atoms with Gasteiger partial charge in [0, 0.05) is 0 Å². The van der Waals surface area contributed by atoms with Crippen molar-refractivity contribution in [1.29, 1.82) is 0 Å². The molecular weight excluding hydrogens is 314 g/mol. The second-order valence-electron chi connectivity index (χ2n) is 6.87. The highest BCUT2D eigenvalue weighted by Crippen LogP contribution is 2.48. The van der Waals surface area contributed by atoms with E-state index in [0.717, 1.165) is 24.5 Å². The van der Waals surface area contributed by atoms with Crippen LogP contribution >= 0.6 is 0 Å². The van der Waals surface area contributed by atoms with Crippen molar-refractivity contribution in [1.82, 2.24) is 4.90 Å². The summed E-state index contributed by atoms with van der Waals surface area (Å²) >= 11 is 0. The lowest BCUT2D eigenvalue weighted by Crippen LogP contribution is -2.44. The largest absolute Gasteiger partial charge is 0.493 e. The first-order valence-corrected chi connectivity index (χ1v) is 8.89. The lowest BCUT2D eigenvalue weighted by Gasteiger charge is -2.46. The van der Waals surface area contributed by atoms with Crippen molar-refractivity contribution in [3.63, 3.8) is 0 Å². The van der Waals surface area contributed by atoms with Gasteiger partial charge in [0.15, 0.2) is 11.5 Å². The lowest BCUT2D eigenvalue weighted by atomic mass is 9.83. The molecule has 4 nitrogen and oxygen atoms in total. The Labute approximate surface area is 149 Å². The van der Waals surface area contributed by atoms with E-state index in [1.54, 1.807) is 14.2 Å². The Hall–Kier alpha value is -2.04. The fourth-order valence-electron chi connectivity index (χ4n) is 4.23. The lowest BCUT2D eigenvalue weighted by molar-refractivity contribution is -0.0793. The minimum atomic E-state index is -0.0660. The van der Waals surface area contributed by atoms with Crippen LogP contribution in [0.25, 0.3) is 0 Å². The number of likely N-dealkylation sites (tertiary alicyclic amines) is 1. The Bertz CT molecular complexity index is 746. The molecular formula is C21H25NO3. The zero-order valence-corrected chi connectivity index (χ0v) is 15.1. The van der Waals surface area contributed by atoms with Crippen molar-refractivity contribution in [2.75, 3.05) is 27.8 Å². The smallest absolute Gasteiger partial charge is 0.161 e. The highest BCUT2D eigenvalue weighted by atomic mass is 16.5. The van der Waals surface area contributed by atoms with Crippen molar-refractivity contribution < 1.29 is 14.2 Å². The van der Waals surface area contributed by atoms with Gasteiger partial charge in [0.1, 0.15) is 6.10 Å². The van der Waals surface area contributed by atoms with E-state index in [-0.39, 0.29) is 18.2 Å². The number of piperidine rings is 1. The number of ether oxygens (including phenoxy) is 3. The summed E-state index contributed by atoms with van der Waals surface area (Å²) in [6.45, 7) is 1.09. The molecule has 2 aromatic carbocycles. The van der Waals surface area contributed by atoms with Gasteiger partial charge in [0.05, 0.1) is 26.4 Å². The van der Waals surface area contributed by atoms with Crippen LogP contribution in [0.5, 0.6) is 11.5 Å². The van der Waals surface area contributed by atoms with E-state index in [1.807, 2.05) is 6.07 Å². The molecule has 2 aliphatic heterocycles. The van der Waals surface area contributed by atoms with Crippen LogP contribution in [0.4, 0.5) is 0 Å². The monoisotopic (exact) mass is 339 g/mol. The number of hydrogen-bond acceptors (Lipinski definition) is 4. The molecule has 1 saturated heterocycles. The summed E-state index contributed by atoms with van der Waals surface area (Å²) in [4.78, 5) is 2.40. The Morgan fingerprint density at radius 2 is 1.68 bits per heavy atom. The molecule has 4 rings (SSSR count). The zero-order chi connectivity index (χ0) is 17.4. The maximum absolute atomic E-state index is 6.61. The van der Waals surface area contributed by atoms with E-state index in [0.29, 0.717) is 0 Å². The molecule has 0 aliphatic carbocycles. The SMILES string of the molecule is COc1cc2c(cc1OC)[C@@H]1[C@@H](CCCN1C)OC2c1ccccc1. The van der Waals surface area contributed by atoms with E-state index < -0.39 is 0 Å². The molecule has 2 aliphatic rings. The summed E-state index contributed by atoms with van der Waals surface area (Å²) in [5.41, 5.74) is 3.66. The second kappa shape index (κ2) is 6.70. The standard InChI is InChI=1S/C21H25NO3/c1-22-11-7-10-17-20(22)15-12-18(23-2)19(24-3)13-16(15)21(25-17)14-8-5-4-6-9-14/h4-6,8-9,12-13,17,20-21H,7,10-11H2,1-3H3/t17-,20-,21?/m1/s1. The molecule has 0 spiro atoms.